The Hall–Kier alpha value is -0.580. The molecule has 0 fully saturated rings. The van der Waals surface area contributed by atoms with Crippen molar-refractivity contribution in [2.75, 3.05) is 6.26 Å². The molecule has 0 aliphatic rings. The summed E-state index contributed by atoms with van der Waals surface area (Å²) in [5.41, 5.74) is 0.666. The van der Waals surface area contributed by atoms with E-state index in [0.717, 1.165) is 6.42 Å². The fraction of sp³-hybridized carbons (Fsp3) is 0.600. The van der Waals surface area contributed by atoms with Crippen LogP contribution in [0.4, 0.5) is 0 Å². The van der Waals surface area contributed by atoms with Crippen molar-refractivity contribution in [3.8, 4) is 0 Å². The standard InChI is InChI=1S/C15H24ClNO2S/c1-4-5-6-8-12(2)17-11-13-14(16)9-7-10-15(13)20(3,18)19/h7,9-10,12,17H,4-6,8,11H2,1-3H3. The summed E-state index contributed by atoms with van der Waals surface area (Å²) in [5.74, 6) is 0. The number of halogens is 1. The number of unbranched alkanes of at least 4 members (excludes halogenated alkanes) is 2. The lowest BCUT2D eigenvalue weighted by Crippen LogP contribution is -2.26. The summed E-state index contributed by atoms with van der Waals surface area (Å²) in [5, 5.41) is 3.86. The molecule has 3 nitrogen and oxygen atoms in total. The third-order valence-electron chi connectivity index (χ3n) is 3.34. The Labute approximate surface area is 127 Å². The van der Waals surface area contributed by atoms with Crippen molar-refractivity contribution in [3.63, 3.8) is 0 Å². The average molecular weight is 318 g/mol. The van der Waals surface area contributed by atoms with E-state index in [1.165, 1.54) is 25.5 Å². The largest absolute Gasteiger partial charge is 0.310 e. The molecule has 1 rings (SSSR count). The number of rotatable bonds is 8. The molecule has 0 saturated carbocycles. The van der Waals surface area contributed by atoms with Crippen LogP contribution in [0, 0.1) is 0 Å². The minimum Gasteiger partial charge on any atom is -0.310 e. The maximum atomic E-state index is 11.8. The summed E-state index contributed by atoms with van der Waals surface area (Å²) in [6.45, 7) is 4.78. The monoisotopic (exact) mass is 317 g/mol. The average Bonchev–Trinajstić information content (AvgIpc) is 2.36. The lowest BCUT2D eigenvalue weighted by Gasteiger charge is -2.16. The van der Waals surface area contributed by atoms with Crippen LogP contribution in [-0.2, 0) is 16.4 Å². The highest BCUT2D eigenvalue weighted by atomic mass is 35.5. The number of hydrogen-bond donors (Lipinski definition) is 1. The van der Waals surface area contributed by atoms with Gasteiger partial charge < -0.3 is 5.32 Å². The summed E-state index contributed by atoms with van der Waals surface area (Å²) in [4.78, 5) is 0.318. The van der Waals surface area contributed by atoms with Crippen LogP contribution in [0.2, 0.25) is 5.02 Å². The normalized spacial score (nSPS) is 13.4. The Balaban J connectivity index is 2.73. The highest BCUT2D eigenvalue weighted by Gasteiger charge is 2.16. The van der Waals surface area contributed by atoms with Crippen molar-refractivity contribution in [2.24, 2.45) is 0 Å². The van der Waals surface area contributed by atoms with Crippen LogP contribution in [0.1, 0.15) is 45.1 Å². The van der Waals surface area contributed by atoms with Crippen LogP contribution in [0.15, 0.2) is 23.1 Å². The maximum absolute atomic E-state index is 11.8. The van der Waals surface area contributed by atoms with Crippen LogP contribution >= 0.6 is 11.6 Å². The highest BCUT2D eigenvalue weighted by Crippen LogP contribution is 2.24. The summed E-state index contributed by atoms with van der Waals surface area (Å²) >= 11 is 6.14. The van der Waals surface area contributed by atoms with Gasteiger partial charge in [0.25, 0.3) is 0 Å². The first-order valence-corrected chi connectivity index (χ1v) is 9.34. The van der Waals surface area contributed by atoms with Gasteiger partial charge in [0.15, 0.2) is 9.84 Å². The van der Waals surface area contributed by atoms with Gasteiger partial charge in [0.2, 0.25) is 0 Å². The molecule has 0 saturated heterocycles. The van der Waals surface area contributed by atoms with Gasteiger partial charge in [-0.3, -0.25) is 0 Å². The van der Waals surface area contributed by atoms with E-state index in [1.54, 1.807) is 18.2 Å². The first-order chi connectivity index (χ1) is 9.36. The molecule has 1 N–H and O–H groups in total. The Morgan fingerprint density at radius 1 is 1.30 bits per heavy atom. The number of nitrogens with one attached hydrogen (secondary N) is 1. The van der Waals surface area contributed by atoms with Crippen molar-refractivity contribution in [2.45, 2.75) is 57.0 Å². The molecule has 0 heterocycles. The van der Waals surface area contributed by atoms with Gasteiger partial charge in [-0.05, 0) is 25.5 Å². The Morgan fingerprint density at radius 2 is 2.00 bits per heavy atom. The molecule has 1 atom stereocenters. The van der Waals surface area contributed by atoms with E-state index < -0.39 is 9.84 Å². The van der Waals surface area contributed by atoms with E-state index in [1.807, 2.05) is 0 Å². The molecule has 0 aliphatic carbocycles. The van der Waals surface area contributed by atoms with E-state index in [2.05, 4.69) is 19.2 Å². The van der Waals surface area contributed by atoms with Crippen molar-refractivity contribution in [1.82, 2.24) is 5.32 Å². The van der Waals surface area contributed by atoms with Gasteiger partial charge in [-0.1, -0.05) is 43.9 Å². The maximum Gasteiger partial charge on any atom is 0.175 e. The summed E-state index contributed by atoms with van der Waals surface area (Å²) in [7, 11) is -3.25. The van der Waals surface area contributed by atoms with Crippen LogP contribution in [0.5, 0.6) is 0 Å². The lowest BCUT2D eigenvalue weighted by molar-refractivity contribution is 0.485. The molecule has 5 heteroatoms. The van der Waals surface area contributed by atoms with Crippen LogP contribution in [0.25, 0.3) is 0 Å². The predicted octanol–water partition coefficient (Wildman–Crippen LogP) is 3.80. The molecular formula is C15H24ClNO2S. The van der Waals surface area contributed by atoms with E-state index in [4.69, 9.17) is 11.6 Å². The zero-order valence-electron chi connectivity index (χ0n) is 12.4. The van der Waals surface area contributed by atoms with Gasteiger partial charge in [-0.25, -0.2) is 8.42 Å². The third kappa shape index (κ3) is 5.43. The SMILES string of the molecule is CCCCCC(C)NCc1c(Cl)cccc1S(C)(=O)=O. The predicted molar refractivity (Wildman–Crippen MR) is 85.0 cm³/mol. The zero-order chi connectivity index (χ0) is 15.2. The molecule has 1 aromatic carbocycles. The molecule has 0 aromatic heterocycles. The van der Waals surface area contributed by atoms with Gasteiger partial charge >= 0.3 is 0 Å². The van der Waals surface area contributed by atoms with E-state index in [9.17, 15) is 8.42 Å². The Bertz CT molecular complexity index is 529. The minimum atomic E-state index is -3.25. The van der Waals surface area contributed by atoms with Gasteiger partial charge in [0, 0.05) is 29.4 Å². The fourth-order valence-corrected chi connectivity index (χ4v) is 3.39. The molecule has 20 heavy (non-hydrogen) atoms. The number of sulfone groups is 1. The van der Waals surface area contributed by atoms with Gasteiger partial charge in [0.05, 0.1) is 4.90 Å². The van der Waals surface area contributed by atoms with E-state index in [0.29, 0.717) is 28.1 Å². The van der Waals surface area contributed by atoms with Crippen molar-refractivity contribution in [3.05, 3.63) is 28.8 Å². The summed E-state index contributed by atoms with van der Waals surface area (Å²) < 4.78 is 23.6. The first-order valence-electron chi connectivity index (χ1n) is 7.07. The molecule has 0 aliphatic heterocycles. The Kier molecular flexibility index (Phi) is 7.00. The highest BCUT2D eigenvalue weighted by molar-refractivity contribution is 7.90. The molecule has 0 bridgehead atoms. The van der Waals surface area contributed by atoms with Gasteiger partial charge in [-0.15, -0.1) is 0 Å². The van der Waals surface area contributed by atoms with Crippen LogP contribution in [0.3, 0.4) is 0 Å². The smallest absolute Gasteiger partial charge is 0.175 e. The zero-order valence-corrected chi connectivity index (χ0v) is 14.0. The quantitative estimate of drug-likeness (QED) is 0.742. The molecular weight excluding hydrogens is 294 g/mol. The second-order valence-corrected chi connectivity index (χ2v) is 7.66. The van der Waals surface area contributed by atoms with E-state index in [-0.39, 0.29) is 0 Å². The first kappa shape index (κ1) is 17.5. The van der Waals surface area contributed by atoms with Crippen molar-refractivity contribution in [1.29, 1.82) is 0 Å². The molecule has 0 amide bonds. The fourth-order valence-electron chi connectivity index (χ4n) is 2.14. The second-order valence-electron chi connectivity index (χ2n) is 5.27. The molecule has 0 radical (unpaired) electrons. The van der Waals surface area contributed by atoms with Gasteiger partial charge in [-0.2, -0.15) is 0 Å². The van der Waals surface area contributed by atoms with Gasteiger partial charge in [0.1, 0.15) is 0 Å². The lowest BCUT2D eigenvalue weighted by atomic mass is 10.1. The van der Waals surface area contributed by atoms with Crippen molar-refractivity contribution < 1.29 is 8.42 Å². The van der Waals surface area contributed by atoms with Crippen LogP contribution < -0.4 is 5.32 Å². The summed E-state index contributed by atoms with van der Waals surface area (Å²) in [6.07, 6.45) is 5.92. The number of benzene rings is 1. The summed E-state index contributed by atoms with van der Waals surface area (Å²) in [6, 6.07) is 5.37. The topological polar surface area (TPSA) is 46.2 Å². The molecule has 1 aromatic rings. The Morgan fingerprint density at radius 3 is 2.60 bits per heavy atom. The third-order valence-corrected chi connectivity index (χ3v) is 4.88. The van der Waals surface area contributed by atoms with E-state index >= 15 is 0 Å². The van der Waals surface area contributed by atoms with Crippen molar-refractivity contribution >= 4 is 21.4 Å². The number of hydrogen-bond acceptors (Lipinski definition) is 3. The molecule has 1 unspecified atom stereocenters. The molecule has 0 spiro atoms. The second kappa shape index (κ2) is 8.01. The van der Waals surface area contributed by atoms with Crippen LogP contribution in [-0.4, -0.2) is 20.7 Å². The minimum absolute atomic E-state index is 0.318. The molecule has 114 valence electrons.